The van der Waals surface area contributed by atoms with Gasteiger partial charge in [0.05, 0.1) is 0 Å². The molecule has 0 saturated heterocycles. The van der Waals surface area contributed by atoms with Crippen LogP contribution < -0.4 is 5.73 Å². The summed E-state index contributed by atoms with van der Waals surface area (Å²) < 4.78 is 0. The van der Waals surface area contributed by atoms with Crippen molar-refractivity contribution < 1.29 is 0 Å². The van der Waals surface area contributed by atoms with Gasteiger partial charge in [-0.1, -0.05) is 50.8 Å². The monoisotopic (exact) mass is 263 g/mol. The van der Waals surface area contributed by atoms with E-state index in [1.165, 1.54) is 37.0 Å². The van der Waals surface area contributed by atoms with E-state index in [0.717, 1.165) is 17.6 Å². The van der Waals surface area contributed by atoms with Crippen LogP contribution in [-0.4, -0.2) is 11.8 Å². The first-order valence-electron chi connectivity index (χ1n) is 7.24. The Labute approximate surface area is 116 Å². The van der Waals surface area contributed by atoms with Crippen LogP contribution in [0.25, 0.3) is 0 Å². The summed E-state index contributed by atoms with van der Waals surface area (Å²) in [4.78, 5) is 1.34. The highest BCUT2D eigenvalue weighted by atomic mass is 32.2. The molecule has 100 valence electrons. The zero-order valence-electron chi connectivity index (χ0n) is 11.3. The topological polar surface area (TPSA) is 26.0 Å². The average molecular weight is 263 g/mol. The average Bonchev–Trinajstić information content (AvgIpc) is 2.45. The summed E-state index contributed by atoms with van der Waals surface area (Å²) >= 11 is 1.91. The SMILES string of the molecule is CCC1CCCCC1C(N)CSc1ccccc1. The molecule has 0 amide bonds. The molecule has 1 fully saturated rings. The van der Waals surface area contributed by atoms with Gasteiger partial charge in [-0.25, -0.2) is 0 Å². The van der Waals surface area contributed by atoms with Gasteiger partial charge in [-0.2, -0.15) is 0 Å². The first-order valence-corrected chi connectivity index (χ1v) is 8.23. The maximum absolute atomic E-state index is 6.44. The summed E-state index contributed by atoms with van der Waals surface area (Å²) in [5.41, 5.74) is 6.44. The Morgan fingerprint density at radius 2 is 1.94 bits per heavy atom. The molecule has 3 atom stereocenters. The van der Waals surface area contributed by atoms with Gasteiger partial charge in [0.25, 0.3) is 0 Å². The fourth-order valence-electron chi connectivity index (χ4n) is 3.14. The van der Waals surface area contributed by atoms with Gasteiger partial charge in [0, 0.05) is 16.7 Å². The van der Waals surface area contributed by atoms with Crippen LogP contribution in [0.3, 0.4) is 0 Å². The van der Waals surface area contributed by atoms with E-state index in [9.17, 15) is 0 Å². The van der Waals surface area contributed by atoms with Crippen LogP contribution in [0.15, 0.2) is 35.2 Å². The number of rotatable bonds is 5. The molecule has 1 aliphatic carbocycles. The third kappa shape index (κ3) is 3.76. The van der Waals surface area contributed by atoms with Crippen molar-refractivity contribution in [1.82, 2.24) is 0 Å². The summed E-state index contributed by atoms with van der Waals surface area (Å²) in [6, 6.07) is 11.0. The van der Waals surface area contributed by atoms with E-state index in [0.29, 0.717) is 6.04 Å². The fraction of sp³-hybridized carbons (Fsp3) is 0.625. The van der Waals surface area contributed by atoms with E-state index in [4.69, 9.17) is 5.73 Å². The van der Waals surface area contributed by atoms with E-state index in [1.807, 2.05) is 11.8 Å². The van der Waals surface area contributed by atoms with Gasteiger partial charge >= 0.3 is 0 Å². The molecule has 0 spiro atoms. The zero-order chi connectivity index (χ0) is 12.8. The first kappa shape index (κ1) is 14.0. The third-order valence-corrected chi connectivity index (χ3v) is 5.38. The molecule has 2 heteroatoms. The van der Waals surface area contributed by atoms with Gasteiger partial charge < -0.3 is 5.73 Å². The normalized spacial score (nSPS) is 25.9. The maximum Gasteiger partial charge on any atom is 0.0165 e. The van der Waals surface area contributed by atoms with Gasteiger partial charge in [0.15, 0.2) is 0 Å². The standard InChI is InChI=1S/C16H25NS/c1-2-13-8-6-7-11-15(13)16(17)12-18-14-9-4-3-5-10-14/h3-5,9-10,13,15-16H,2,6-8,11-12,17H2,1H3. The van der Waals surface area contributed by atoms with Gasteiger partial charge in [-0.05, 0) is 30.4 Å². The molecule has 1 saturated carbocycles. The van der Waals surface area contributed by atoms with Crippen molar-refractivity contribution in [2.75, 3.05) is 5.75 Å². The molecule has 0 aliphatic heterocycles. The van der Waals surface area contributed by atoms with Crippen molar-refractivity contribution in [2.45, 2.75) is 50.0 Å². The fourth-order valence-corrected chi connectivity index (χ4v) is 4.12. The van der Waals surface area contributed by atoms with E-state index in [1.54, 1.807) is 0 Å². The maximum atomic E-state index is 6.44. The van der Waals surface area contributed by atoms with Crippen LogP contribution in [-0.2, 0) is 0 Å². The lowest BCUT2D eigenvalue weighted by atomic mass is 9.75. The number of benzene rings is 1. The predicted molar refractivity (Wildman–Crippen MR) is 80.9 cm³/mol. The highest BCUT2D eigenvalue weighted by Gasteiger charge is 2.28. The van der Waals surface area contributed by atoms with Crippen molar-refractivity contribution in [2.24, 2.45) is 17.6 Å². The summed E-state index contributed by atoms with van der Waals surface area (Å²) in [6.07, 6.45) is 6.83. The number of hydrogen-bond acceptors (Lipinski definition) is 2. The first-order chi connectivity index (χ1) is 8.81. The molecule has 0 heterocycles. The van der Waals surface area contributed by atoms with Crippen LogP contribution in [0, 0.1) is 11.8 Å². The number of thioether (sulfide) groups is 1. The van der Waals surface area contributed by atoms with Crippen molar-refractivity contribution in [1.29, 1.82) is 0 Å². The lowest BCUT2D eigenvalue weighted by Crippen LogP contribution is -2.38. The lowest BCUT2D eigenvalue weighted by molar-refractivity contribution is 0.205. The second-order valence-electron chi connectivity index (χ2n) is 5.40. The van der Waals surface area contributed by atoms with Crippen molar-refractivity contribution in [3.63, 3.8) is 0 Å². The predicted octanol–water partition coefficient (Wildman–Crippen LogP) is 4.32. The smallest absolute Gasteiger partial charge is 0.0165 e. The minimum Gasteiger partial charge on any atom is -0.327 e. The molecule has 18 heavy (non-hydrogen) atoms. The van der Waals surface area contributed by atoms with E-state index < -0.39 is 0 Å². The summed E-state index contributed by atoms with van der Waals surface area (Å²) in [5, 5.41) is 0. The van der Waals surface area contributed by atoms with Crippen molar-refractivity contribution in [3.8, 4) is 0 Å². The molecule has 0 aromatic heterocycles. The van der Waals surface area contributed by atoms with Crippen molar-refractivity contribution in [3.05, 3.63) is 30.3 Å². The summed E-state index contributed by atoms with van der Waals surface area (Å²) in [7, 11) is 0. The van der Waals surface area contributed by atoms with Gasteiger partial charge in [0.2, 0.25) is 0 Å². The van der Waals surface area contributed by atoms with Crippen LogP contribution in [0.1, 0.15) is 39.0 Å². The zero-order valence-corrected chi connectivity index (χ0v) is 12.2. The minimum absolute atomic E-state index is 0.362. The van der Waals surface area contributed by atoms with Crippen LogP contribution >= 0.6 is 11.8 Å². The highest BCUT2D eigenvalue weighted by molar-refractivity contribution is 7.99. The van der Waals surface area contributed by atoms with E-state index in [-0.39, 0.29) is 0 Å². The largest absolute Gasteiger partial charge is 0.327 e. The molecular weight excluding hydrogens is 238 g/mol. The Morgan fingerprint density at radius 3 is 2.67 bits per heavy atom. The van der Waals surface area contributed by atoms with Crippen LogP contribution in [0.4, 0.5) is 0 Å². The second kappa shape index (κ2) is 7.20. The Kier molecular flexibility index (Phi) is 5.58. The van der Waals surface area contributed by atoms with E-state index >= 15 is 0 Å². The molecule has 0 bridgehead atoms. The number of nitrogens with two attached hydrogens (primary N) is 1. The number of hydrogen-bond donors (Lipinski definition) is 1. The quantitative estimate of drug-likeness (QED) is 0.801. The molecule has 1 nitrogen and oxygen atoms in total. The summed E-state index contributed by atoms with van der Waals surface area (Å²) in [6.45, 7) is 2.32. The molecule has 3 unspecified atom stereocenters. The highest BCUT2D eigenvalue weighted by Crippen LogP contribution is 2.35. The lowest BCUT2D eigenvalue weighted by Gasteiger charge is -2.35. The molecular formula is C16H25NS. The molecule has 1 aliphatic rings. The molecule has 1 aromatic rings. The Morgan fingerprint density at radius 1 is 1.22 bits per heavy atom. The molecule has 0 radical (unpaired) electrons. The molecule has 2 rings (SSSR count). The van der Waals surface area contributed by atoms with Gasteiger partial charge in [-0.3, -0.25) is 0 Å². The Balaban J connectivity index is 1.85. The van der Waals surface area contributed by atoms with Gasteiger partial charge in [-0.15, -0.1) is 11.8 Å². The molecule has 1 aromatic carbocycles. The van der Waals surface area contributed by atoms with E-state index in [2.05, 4.69) is 37.3 Å². The second-order valence-corrected chi connectivity index (χ2v) is 6.50. The Bertz CT molecular complexity index is 338. The van der Waals surface area contributed by atoms with Crippen LogP contribution in [0.5, 0.6) is 0 Å². The van der Waals surface area contributed by atoms with Crippen molar-refractivity contribution >= 4 is 11.8 Å². The minimum atomic E-state index is 0.362. The third-order valence-electron chi connectivity index (χ3n) is 4.23. The summed E-state index contributed by atoms with van der Waals surface area (Å²) in [5.74, 6) is 2.68. The van der Waals surface area contributed by atoms with Crippen LogP contribution in [0.2, 0.25) is 0 Å². The van der Waals surface area contributed by atoms with Gasteiger partial charge in [0.1, 0.15) is 0 Å². The molecule has 2 N–H and O–H groups in total. The Hall–Kier alpha value is -0.470.